The van der Waals surface area contributed by atoms with Gasteiger partial charge in [-0.1, -0.05) is 0 Å². The first-order valence-corrected chi connectivity index (χ1v) is 8.40. The van der Waals surface area contributed by atoms with E-state index in [0.29, 0.717) is 18.8 Å². The highest BCUT2D eigenvalue weighted by molar-refractivity contribution is 7.89. The van der Waals surface area contributed by atoms with E-state index in [1.807, 2.05) is 13.8 Å². The van der Waals surface area contributed by atoms with Crippen LogP contribution in [0.5, 0.6) is 0 Å². The van der Waals surface area contributed by atoms with Gasteiger partial charge in [0.05, 0.1) is 22.8 Å². The third-order valence-corrected chi connectivity index (χ3v) is 5.32. The van der Waals surface area contributed by atoms with Gasteiger partial charge in [0.25, 0.3) is 0 Å². The van der Waals surface area contributed by atoms with Crippen molar-refractivity contribution in [2.75, 3.05) is 13.1 Å². The molecule has 0 radical (unpaired) electrons. The Balaban J connectivity index is 1.86. The molecule has 118 valence electrons. The van der Waals surface area contributed by atoms with Crippen LogP contribution in [0.4, 0.5) is 0 Å². The van der Waals surface area contributed by atoms with Gasteiger partial charge < -0.3 is 4.74 Å². The molecule has 1 saturated heterocycles. The van der Waals surface area contributed by atoms with Gasteiger partial charge >= 0.3 is 0 Å². The van der Waals surface area contributed by atoms with Crippen LogP contribution in [0.3, 0.4) is 0 Å². The topological polar surface area (TPSA) is 90.2 Å². The molecule has 2 heterocycles. The molecule has 3 rings (SSSR count). The van der Waals surface area contributed by atoms with Gasteiger partial charge in [0.1, 0.15) is 6.33 Å². The summed E-state index contributed by atoms with van der Waals surface area (Å²) >= 11 is 0. The molecule has 1 aromatic heterocycles. The number of ether oxygens (including phenoxy) is 1. The van der Waals surface area contributed by atoms with E-state index < -0.39 is 10.0 Å². The Morgan fingerprint density at radius 3 is 2.32 bits per heavy atom. The van der Waals surface area contributed by atoms with Crippen LogP contribution in [0, 0.1) is 0 Å². The van der Waals surface area contributed by atoms with Gasteiger partial charge in [0.15, 0.2) is 0 Å². The summed E-state index contributed by atoms with van der Waals surface area (Å²) in [7, 11) is -3.52. The van der Waals surface area contributed by atoms with Crippen molar-refractivity contribution in [3.63, 3.8) is 0 Å². The highest BCUT2D eigenvalue weighted by Gasteiger charge is 2.32. The molecule has 1 fully saturated rings. The number of hydrogen-bond donors (Lipinski definition) is 0. The molecule has 8 nitrogen and oxygen atoms in total. The number of aromatic nitrogens is 4. The van der Waals surface area contributed by atoms with E-state index in [4.69, 9.17) is 4.74 Å². The Kier molecular flexibility index (Phi) is 3.94. The van der Waals surface area contributed by atoms with E-state index in [1.54, 1.807) is 24.3 Å². The van der Waals surface area contributed by atoms with E-state index in [1.165, 1.54) is 15.3 Å². The maximum atomic E-state index is 12.7. The molecule has 0 bridgehead atoms. The summed E-state index contributed by atoms with van der Waals surface area (Å²) in [5, 5.41) is 10.9. The van der Waals surface area contributed by atoms with Gasteiger partial charge in [-0.05, 0) is 48.5 Å². The fourth-order valence-corrected chi connectivity index (χ4v) is 4.12. The van der Waals surface area contributed by atoms with Crippen LogP contribution in [0.1, 0.15) is 13.8 Å². The molecule has 22 heavy (non-hydrogen) atoms. The lowest BCUT2D eigenvalue weighted by molar-refractivity contribution is -0.0440. The number of nitrogens with zero attached hydrogens (tertiary/aromatic N) is 5. The van der Waals surface area contributed by atoms with E-state index >= 15 is 0 Å². The zero-order chi connectivity index (χ0) is 15.7. The minimum Gasteiger partial charge on any atom is -0.373 e. The average molecular weight is 323 g/mol. The first-order valence-electron chi connectivity index (χ1n) is 6.96. The molecular weight excluding hydrogens is 306 g/mol. The van der Waals surface area contributed by atoms with Crippen LogP contribution in [-0.4, -0.2) is 58.2 Å². The fraction of sp³-hybridized carbons (Fsp3) is 0.462. The highest BCUT2D eigenvalue weighted by atomic mass is 32.2. The minimum absolute atomic E-state index is 0.112. The first-order chi connectivity index (χ1) is 10.5. The lowest BCUT2D eigenvalue weighted by atomic mass is 10.3. The zero-order valence-electron chi connectivity index (χ0n) is 12.3. The van der Waals surface area contributed by atoms with E-state index in [2.05, 4.69) is 15.5 Å². The second kappa shape index (κ2) is 5.75. The van der Waals surface area contributed by atoms with Crippen molar-refractivity contribution in [1.82, 2.24) is 24.5 Å². The Labute approximate surface area is 128 Å². The molecule has 0 aliphatic carbocycles. The Bertz CT molecular complexity index is 720. The number of tetrazole rings is 1. The van der Waals surface area contributed by atoms with Crippen LogP contribution < -0.4 is 0 Å². The predicted molar refractivity (Wildman–Crippen MR) is 77.9 cm³/mol. The van der Waals surface area contributed by atoms with Gasteiger partial charge in [-0.15, -0.1) is 5.10 Å². The number of benzene rings is 1. The van der Waals surface area contributed by atoms with Crippen molar-refractivity contribution >= 4 is 10.0 Å². The quantitative estimate of drug-likeness (QED) is 0.815. The highest BCUT2D eigenvalue weighted by Crippen LogP contribution is 2.21. The summed E-state index contributed by atoms with van der Waals surface area (Å²) in [6.07, 6.45) is 1.23. The summed E-state index contributed by atoms with van der Waals surface area (Å²) in [6.45, 7) is 4.47. The Morgan fingerprint density at radius 2 is 1.77 bits per heavy atom. The SMILES string of the molecule is C[C@H]1CN(S(=O)(=O)c2ccc(-n3cnnn3)cc2)C[C@H](C)O1. The molecule has 0 saturated carbocycles. The van der Waals surface area contributed by atoms with Crippen molar-refractivity contribution in [3.05, 3.63) is 30.6 Å². The smallest absolute Gasteiger partial charge is 0.243 e. The van der Waals surface area contributed by atoms with Gasteiger partial charge in [-0.3, -0.25) is 0 Å². The summed E-state index contributed by atoms with van der Waals surface area (Å²) in [6, 6.07) is 6.49. The molecule has 9 heteroatoms. The molecule has 1 aliphatic heterocycles. The third kappa shape index (κ3) is 2.87. The van der Waals surface area contributed by atoms with E-state index in [9.17, 15) is 8.42 Å². The summed E-state index contributed by atoms with van der Waals surface area (Å²) in [5.74, 6) is 0. The number of rotatable bonds is 3. The minimum atomic E-state index is -3.52. The molecule has 0 amide bonds. The summed E-state index contributed by atoms with van der Waals surface area (Å²) < 4.78 is 33.9. The number of morpholine rings is 1. The molecule has 0 spiro atoms. The number of hydrogen-bond acceptors (Lipinski definition) is 6. The second-order valence-electron chi connectivity index (χ2n) is 5.33. The maximum Gasteiger partial charge on any atom is 0.243 e. The molecular formula is C13H17N5O3S. The van der Waals surface area contributed by atoms with E-state index in [0.717, 1.165) is 0 Å². The van der Waals surface area contributed by atoms with Crippen molar-refractivity contribution < 1.29 is 13.2 Å². The molecule has 0 N–H and O–H groups in total. The third-order valence-electron chi connectivity index (χ3n) is 3.47. The summed E-state index contributed by atoms with van der Waals surface area (Å²) in [5.41, 5.74) is 0.702. The Hall–Kier alpha value is -1.84. The lowest BCUT2D eigenvalue weighted by Crippen LogP contribution is -2.48. The summed E-state index contributed by atoms with van der Waals surface area (Å²) in [4.78, 5) is 0.255. The molecule has 0 unspecified atom stereocenters. The normalized spacial score (nSPS) is 23.5. The molecule has 1 aliphatic rings. The van der Waals surface area contributed by atoms with Crippen LogP contribution in [0.15, 0.2) is 35.5 Å². The maximum absolute atomic E-state index is 12.7. The van der Waals surface area contributed by atoms with Crippen LogP contribution in [-0.2, 0) is 14.8 Å². The van der Waals surface area contributed by atoms with Crippen LogP contribution in [0.25, 0.3) is 5.69 Å². The Morgan fingerprint density at radius 1 is 1.14 bits per heavy atom. The van der Waals surface area contributed by atoms with E-state index in [-0.39, 0.29) is 17.1 Å². The van der Waals surface area contributed by atoms with Crippen molar-refractivity contribution in [2.45, 2.75) is 31.0 Å². The van der Waals surface area contributed by atoms with Gasteiger partial charge in [0.2, 0.25) is 10.0 Å². The van der Waals surface area contributed by atoms with Gasteiger partial charge in [-0.25, -0.2) is 13.1 Å². The largest absolute Gasteiger partial charge is 0.373 e. The van der Waals surface area contributed by atoms with Gasteiger partial charge in [-0.2, -0.15) is 4.31 Å². The standard InChI is InChI=1S/C13H17N5O3S/c1-10-7-17(8-11(2)21-10)22(19,20)13-5-3-12(4-6-13)18-9-14-15-16-18/h3-6,9-11H,7-8H2,1-2H3/t10-,11-/m0/s1. The first kappa shape index (κ1) is 15.1. The van der Waals surface area contributed by atoms with Crippen molar-refractivity contribution in [2.24, 2.45) is 0 Å². The van der Waals surface area contributed by atoms with Crippen molar-refractivity contribution in [1.29, 1.82) is 0 Å². The van der Waals surface area contributed by atoms with Gasteiger partial charge in [0, 0.05) is 13.1 Å². The monoisotopic (exact) mass is 323 g/mol. The number of sulfonamides is 1. The lowest BCUT2D eigenvalue weighted by Gasteiger charge is -2.34. The van der Waals surface area contributed by atoms with Crippen molar-refractivity contribution in [3.8, 4) is 5.69 Å². The second-order valence-corrected chi connectivity index (χ2v) is 7.27. The van der Waals surface area contributed by atoms with Crippen LogP contribution in [0.2, 0.25) is 0 Å². The van der Waals surface area contributed by atoms with Crippen LogP contribution >= 0.6 is 0 Å². The zero-order valence-corrected chi connectivity index (χ0v) is 13.1. The molecule has 2 atom stereocenters. The predicted octanol–water partition coefficient (Wildman–Crippen LogP) is 0.460. The molecule has 1 aromatic carbocycles. The average Bonchev–Trinajstić information content (AvgIpc) is 3.00. The fourth-order valence-electron chi connectivity index (χ4n) is 2.53. The molecule has 2 aromatic rings.